The van der Waals surface area contributed by atoms with E-state index in [2.05, 4.69) is 10.6 Å². The maximum absolute atomic E-state index is 12.4. The molecule has 0 spiro atoms. The zero-order valence-corrected chi connectivity index (χ0v) is 11.6. The number of hydrogen-bond acceptors (Lipinski definition) is 2. The van der Waals surface area contributed by atoms with E-state index in [1.807, 2.05) is 0 Å². The standard InChI is InChI=1S/C13H17F3N4O/c1-12(2,10(17)18)7-19-11(21)20-9-5-3-8(4-6-9)13(14,15)16/h3-6H,7H2,1-2H3,(H3,17,18)(H2,19,20,21). The Morgan fingerprint density at radius 3 is 2.19 bits per heavy atom. The summed E-state index contributed by atoms with van der Waals surface area (Å²) in [5, 5.41) is 12.3. The Bertz CT molecular complexity index is 523. The number of hydrogen-bond donors (Lipinski definition) is 4. The van der Waals surface area contributed by atoms with E-state index < -0.39 is 23.2 Å². The van der Waals surface area contributed by atoms with Gasteiger partial charge in [0.15, 0.2) is 0 Å². The van der Waals surface area contributed by atoms with Crippen LogP contribution in [0.1, 0.15) is 19.4 Å². The van der Waals surface area contributed by atoms with Crippen LogP contribution in [0, 0.1) is 10.8 Å². The van der Waals surface area contributed by atoms with Gasteiger partial charge in [-0.05, 0) is 24.3 Å². The van der Waals surface area contributed by atoms with Gasteiger partial charge in [-0.15, -0.1) is 0 Å². The van der Waals surface area contributed by atoms with Crippen LogP contribution in [0.5, 0.6) is 0 Å². The van der Waals surface area contributed by atoms with E-state index >= 15 is 0 Å². The molecule has 0 saturated carbocycles. The molecule has 5 nitrogen and oxygen atoms in total. The first-order valence-corrected chi connectivity index (χ1v) is 6.09. The maximum Gasteiger partial charge on any atom is 0.416 e. The number of alkyl halides is 3. The molecule has 0 aliphatic carbocycles. The molecule has 0 aromatic heterocycles. The first kappa shape index (κ1) is 16.8. The molecule has 0 fully saturated rings. The summed E-state index contributed by atoms with van der Waals surface area (Å²) in [6.45, 7) is 3.51. The Morgan fingerprint density at radius 1 is 1.24 bits per heavy atom. The molecule has 8 heteroatoms. The number of nitrogens with one attached hydrogen (secondary N) is 3. The van der Waals surface area contributed by atoms with E-state index in [0.717, 1.165) is 12.1 Å². The minimum absolute atomic E-state index is 0.0719. The number of urea groups is 1. The molecular formula is C13H17F3N4O. The van der Waals surface area contributed by atoms with Gasteiger partial charge in [-0.1, -0.05) is 13.8 Å². The molecule has 0 aliphatic heterocycles. The highest BCUT2D eigenvalue weighted by atomic mass is 19.4. The van der Waals surface area contributed by atoms with Crippen LogP contribution in [-0.4, -0.2) is 18.4 Å². The van der Waals surface area contributed by atoms with Crippen LogP contribution in [0.3, 0.4) is 0 Å². The van der Waals surface area contributed by atoms with Gasteiger partial charge in [-0.25, -0.2) is 4.79 Å². The SMILES string of the molecule is CC(C)(CNC(=O)Nc1ccc(C(F)(F)F)cc1)C(=N)N. The number of nitrogens with two attached hydrogens (primary N) is 1. The number of amidine groups is 1. The monoisotopic (exact) mass is 302 g/mol. The minimum atomic E-state index is -4.41. The van der Waals surface area contributed by atoms with Crippen LogP contribution >= 0.6 is 0 Å². The average Bonchev–Trinajstić information content (AvgIpc) is 2.36. The van der Waals surface area contributed by atoms with Crippen molar-refractivity contribution in [2.75, 3.05) is 11.9 Å². The van der Waals surface area contributed by atoms with Crippen molar-refractivity contribution in [1.29, 1.82) is 5.41 Å². The highest BCUT2D eigenvalue weighted by Crippen LogP contribution is 2.29. The fraction of sp³-hybridized carbons (Fsp3) is 0.385. The third-order valence-corrected chi connectivity index (χ3v) is 2.89. The van der Waals surface area contributed by atoms with Crippen molar-refractivity contribution in [3.05, 3.63) is 29.8 Å². The van der Waals surface area contributed by atoms with Gasteiger partial charge < -0.3 is 16.4 Å². The number of amides is 2. The highest BCUT2D eigenvalue weighted by molar-refractivity contribution is 5.90. The van der Waals surface area contributed by atoms with Crippen molar-refractivity contribution < 1.29 is 18.0 Å². The number of carbonyl (C=O) groups is 1. The van der Waals surface area contributed by atoms with E-state index in [9.17, 15) is 18.0 Å². The molecule has 116 valence electrons. The van der Waals surface area contributed by atoms with Crippen molar-refractivity contribution in [2.24, 2.45) is 11.1 Å². The van der Waals surface area contributed by atoms with E-state index in [1.165, 1.54) is 12.1 Å². The second kappa shape index (κ2) is 6.02. The number of anilines is 1. The molecule has 0 radical (unpaired) electrons. The van der Waals surface area contributed by atoms with Gasteiger partial charge in [-0.2, -0.15) is 13.2 Å². The fourth-order valence-electron chi connectivity index (χ4n) is 1.31. The topological polar surface area (TPSA) is 91.0 Å². The number of halogens is 3. The summed E-state index contributed by atoms with van der Waals surface area (Å²) >= 11 is 0. The molecule has 0 bridgehead atoms. The van der Waals surface area contributed by atoms with E-state index in [4.69, 9.17) is 11.1 Å². The predicted octanol–water partition coefficient (Wildman–Crippen LogP) is 2.79. The predicted molar refractivity (Wildman–Crippen MR) is 74.2 cm³/mol. The first-order chi connectivity index (χ1) is 9.52. The molecule has 1 aromatic carbocycles. The Morgan fingerprint density at radius 2 is 1.76 bits per heavy atom. The van der Waals surface area contributed by atoms with Crippen molar-refractivity contribution >= 4 is 17.6 Å². The molecule has 1 aromatic rings. The van der Waals surface area contributed by atoms with Crippen LogP contribution in [0.2, 0.25) is 0 Å². The molecule has 0 unspecified atom stereocenters. The summed E-state index contributed by atoms with van der Waals surface area (Å²) in [7, 11) is 0. The molecule has 0 atom stereocenters. The second-order valence-electron chi connectivity index (χ2n) is 5.18. The van der Waals surface area contributed by atoms with Crippen LogP contribution in [0.4, 0.5) is 23.7 Å². The molecule has 21 heavy (non-hydrogen) atoms. The number of rotatable bonds is 4. The summed E-state index contributed by atoms with van der Waals surface area (Å²) < 4.78 is 37.1. The van der Waals surface area contributed by atoms with Crippen LogP contribution < -0.4 is 16.4 Å². The second-order valence-corrected chi connectivity index (χ2v) is 5.18. The van der Waals surface area contributed by atoms with Gasteiger partial charge in [0, 0.05) is 17.6 Å². The molecule has 0 heterocycles. The number of benzene rings is 1. The fourth-order valence-corrected chi connectivity index (χ4v) is 1.31. The minimum Gasteiger partial charge on any atom is -0.387 e. The molecule has 2 amide bonds. The Balaban J connectivity index is 2.58. The largest absolute Gasteiger partial charge is 0.416 e. The van der Waals surface area contributed by atoms with E-state index in [1.54, 1.807) is 13.8 Å². The zero-order chi connectivity index (χ0) is 16.3. The lowest BCUT2D eigenvalue weighted by atomic mass is 9.92. The van der Waals surface area contributed by atoms with Crippen molar-refractivity contribution in [2.45, 2.75) is 20.0 Å². The molecule has 0 saturated heterocycles. The quantitative estimate of drug-likeness (QED) is 0.509. The zero-order valence-electron chi connectivity index (χ0n) is 11.6. The summed E-state index contributed by atoms with van der Waals surface area (Å²) in [4.78, 5) is 11.6. The summed E-state index contributed by atoms with van der Waals surface area (Å²) in [6, 6.07) is 3.52. The molecular weight excluding hydrogens is 285 g/mol. The lowest BCUT2D eigenvalue weighted by molar-refractivity contribution is -0.137. The smallest absolute Gasteiger partial charge is 0.387 e. The van der Waals surface area contributed by atoms with Crippen LogP contribution in [-0.2, 0) is 6.18 Å². The average molecular weight is 302 g/mol. The maximum atomic E-state index is 12.4. The lowest BCUT2D eigenvalue weighted by Crippen LogP contribution is -2.43. The van der Waals surface area contributed by atoms with Crippen LogP contribution in [0.15, 0.2) is 24.3 Å². The third-order valence-electron chi connectivity index (χ3n) is 2.89. The normalized spacial score (nSPS) is 11.9. The van der Waals surface area contributed by atoms with E-state index in [-0.39, 0.29) is 18.1 Å². The lowest BCUT2D eigenvalue weighted by Gasteiger charge is -2.23. The highest BCUT2D eigenvalue weighted by Gasteiger charge is 2.30. The van der Waals surface area contributed by atoms with Gasteiger partial charge in [0.05, 0.1) is 11.4 Å². The van der Waals surface area contributed by atoms with Crippen molar-refractivity contribution in [3.63, 3.8) is 0 Å². The molecule has 1 rings (SSSR count). The van der Waals surface area contributed by atoms with Crippen molar-refractivity contribution in [1.82, 2.24) is 5.32 Å². The molecule has 0 aliphatic rings. The first-order valence-electron chi connectivity index (χ1n) is 6.09. The number of carbonyl (C=O) groups excluding carboxylic acids is 1. The van der Waals surface area contributed by atoms with Gasteiger partial charge in [0.1, 0.15) is 0 Å². The van der Waals surface area contributed by atoms with E-state index in [0.29, 0.717) is 0 Å². The summed E-state index contributed by atoms with van der Waals surface area (Å²) in [5.41, 5.74) is 4.13. The Hall–Kier alpha value is -2.25. The van der Waals surface area contributed by atoms with Crippen molar-refractivity contribution in [3.8, 4) is 0 Å². The third kappa shape index (κ3) is 4.97. The Kier molecular flexibility index (Phi) is 4.82. The summed E-state index contributed by atoms with van der Waals surface area (Å²) in [5.74, 6) is -0.0719. The summed E-state index contributed by atoms with van der Waals surface area (Å²) in [6.07, 6.45) is -4.41. The molecule has 5 N–H and O–H groups in total. The Labute approximate surface area is 120 Å². The van der Waals surface area contributed by atoms with Gasteiger partial charge >= 0.3 is 12.2 Å². The van der Waals surface area contributed by atoms with Gasteiger partial charge in [-0.3, -0.25) is 5.41 Å². The van der Waals surface area contributed by atoms with Gasteiger partial charge in [0.25, 0.3) is 0 Å². The van der Waals surface area contributed by atoms with Crippen LogP contribution in [0.25, 0.3) is 0 Å². The van der Waals surface area contributed by atoms with Gasteiger partial charge in [0.2, 0.25) is 0 Å².